The fraction of sp³-hybridized carbons (Fsp3) is 0.0164. The van der Waals surface area contributed by atoms with Crippen LogP contribution >= 0.6 is 11.3 Å². The summed E-state index contributed by atoms with van der Waals surface area (Å²) in [6.45, 7) is 0. The van der Waals surface area contributed by atoms with Crippen molar-refractivity contribution in [3.05, 3.63) is 249 Å². The minimum Gasteiger partial charge on any atom is -0.327 e. The van der Waals surface area contributed by atoms with Crippen molar-refractivity contribution in [1.82, 2.24) is 14.5 Å². The van der Waals surface area contributed by atoms with Crippen LogP contribution in [0.3, 0.4) is 0 Å². The minimum absolute atomic E-state index is 0.897. The van der Waals surface area contributed by atoms with Crippen molar-refractivity contribution in [3.63, 3.8) is 0 Å². The van der Waals surface area contributed by atoms with Gasteiger partial charge in [0.15, 0.2) is 16.1 Å². The van der Waals surface area contributed by atoms with Crippen molar-refractivity contribution in [3.8, 4) is 11.4 Å². The SMILES string of the molecule is Cn1c(-c2cccc([Si](c3ccccc3)(c3ccccc3)c3ccc4c(c3)N(c3ccccn3)c3c(ccc5sc6ccccc6c35)[Si]4(c3ccccc3)c3ccccc3)c2)nc2ccccc21. The van der Waals surface area contributed by atoms with E-state index in [1.165, 1.54) is 73.0 Å². The summed E-state index contributed by atoms with van der Waals surface area (Å²) in [5.74, 6) is 1.85. The van der Waals surface area contributed by atoms with Gasteiger partial charge in [0, 0.05) is 44.7 Å². The molecule has 13 rings (SSSR count). The van der Waals surface area contributed by atoms with E-state index in [1.807, 2.05) is 23.6 Å². The third-order valence-corrected chi connectivity index (χ3v) is 25.0. The number of rotatable bonds is 8. The molecule has 1 aliphatic heterocycles. The van der Waals surface area contributed by atoms with E-state index in [2.05, 4.69) is 253 Å². The lowest BCUT2D eigenvalue weighted by Crippen LogP contribution is -2.78. The molecule has 7 heteroatoms. The number of para-hydroxylation sites is 2. The number of hydrogen-bond donors (Lipinski definition) is 0. The summed E-state index contributed by atoms with van der Waals surface area (Å²) in [7, 11) is -4.11. The summed E-state index contributed by atoms with van der Waals surface area (Å²) >= 11 is 1.87. The minimum atomic E-state index is -3.16. The maximum Gasteiger partial charge on any atom is 0.184 e. The second-order valence-electron chi connectivity index (χ2n) is 17.7. The first-order valence-electron chi connectivity index (χ1n) is 23.2. The van der Waals surface area contributed by atoms with Crippen LogP contribution in [0, 0.1) is 0 Å². The molecule has 0 fully saturated rings. The zero-order chi connectivity index (χ0) is 45.2. The highest BCUT2D eigenvalue weighted by Crippen LogP contribution is 2.46. The van der Waals surface area contributed by atoms with Gasteiger partial charge in [-0.15, -0.1) is 11.3 Å². The molecule has 0 aliphatic carbocycles. The lowest BCUT2D eigenvalue weighted by Gasteiger charge is -2.46. The molecule has 0 saturated heterocycles. The van der Waals surface area contributed by atoms with E-state index < -0.39 is 16.1 Å². The summed E-state index contributed by atoms with van der Waals surface area (Å²) in [6.07, 6.45) is 1.94. The van der Waals surface area contributed by atoms with E-state index in [0.29, 0.717) is 0 Å². The van der Waals surface area contributed by atoms with Gasteiger partial charge >= 0.3 is 0 Å². The Labute approximate surface area is 401 Å². The van der Waals surface area contributed by atoms with Crippen molar-refractivity contribution in [2.45, 2.75) is 0 Å². The Kier molecular flexibility index (Phi) is 9.57. The first-order chi connectivity index (χ1) is 33.7. The molecule has 3 aromatic heterocycles. The van der Waals surface area contributed by atoms with Crippen molar-refractivity contribution >= 4 is 117 Å². The Balaban J connectivity index is 1.19. The van der Waals surface area contributed by atoms with Crippen molar-refractivity contribution in [2.24, 2.45) is 7.05 Å². The zero-order valence-electron chi connectivity index (χ0n) is 37.4. The standard InChI is InChI=1S/C61H44N4SSi2/c1-64-52-33-16-15-32-51(52)63-61(64)43-21-20-30-48(41-43)67(44-22-6-2-7-23-44,45-24-8-3-9-25-45)49-36-38-56-53(42-49)65(58-35-18-19-40-62-58)60-57(39-37-55-59(60)50-31-14-17-34-54(50)66-55)68(56,46-26-10-4-11-27-46)47-28-12-5-13-29-47/h2-42H,1H3. The van der Waals surface area contributed by atoms with Gasteiger partial charge in [-0.25, -0.2) is 9.97 Å². The zero-order valence-corrected chi connectivity index (χ0v) is 40.2. The Morgan fingerprint density at radius 2 is 1.09 bits per heavy atom. The molecule has 1 aliphatic rings. The largest absolute Gasteiger partial charge is 0.327 e. The number of aryl methyl sites for hydroxylation is 1. The monoisotopic (exact) mass is 920 g/mol. The van der Waals surface area contributed by atoms with Gasteiger partial charge in [0.25, 0.3) is 0 Å². The fourth-order valence-corrected chi connectivity index (χ4v) is 22.4. The van der Waals surface area contributed by atoms with Gasteiger partial charge in [0.1, 0.15) is 11.6 Å². The number of benzene rings is 9. The quantitative estimate of drug-likeness (QED) is 0.113. The number of nitrogens with zero attached hydrogens (tertiary/aromatic N) is 4. The van der Waals surface area contributed by atoms with Crippen LogP contribution in [0.1, 0.15) is 0 Å². The highest BCUT2D eigenvalue weighted by molar-refractivity contribution is 7.26. The smallest absolute Gasteiger partial charge is 0.184 e. The molecule has 68 heavy (non-hydrogen) atoms. The topological polar surface area (TPSA) is 34.0 Å². The number of fused-ring (bicyclic) bond motifs is 7. The van der Waals surface area contributed by atoms with E-state index >= 15 is 0 Å². The van der Waals surface area contributed by atoms with Gasteiger partial charge in [0.2, 0.25) is 0 Å². The molecule has 322 valence electrons. The summed E-state index contributed by atoms with van der Waals surface area (Å²) in [6, 6.07) is 90.8. The number of aromatic nitrogens is 3. The number of hydrogen-bond acceptors (Lipinski definition) is 4. The Bertz CT molecular complexity index is 3740. The molecule has 0 saturated carbocycles. The van der Waals surface area contributed by atoms with E-state index in [4.69, 9.17) is 9.97 Å². The highest BCUT2D eigenvalue weighted by Gasteiger charge is 2.51. The normalized spacial score (nSPS) is 13.2. The second-order valence-corrected chi connectivity index (χ2v) is 26.3. The second kappa shape index (κ2) is 16.1. The third-order valence-electron chi connectivity index (χ3n) is 14.3. The molecule has 0 bridgehead atoms. The Hall–Kier alpha value is -7.95. The molecular weight excluding hydrogens is 877 g/mol. The van der Waals surface area contributed by atoms with Gasteiger partial charge in [-0.2, -0.15) is 0 Å². The molecule has 0 unspecified atom stereocenters. The predicted octanol–water partition coefficient (Wildman–Crippen LogP) is 9.54. The van der Waals surface area contributed by atoms with E-state index in [-0.39, 0.29) is 0 Å². The summed E-state index contributed by atoms with van der Waals surface area (Å²) in [5.41, 5.74) is 5.60. The number of anilines is 3. The van der Waals surface area contributed by atoms with Gasteiger partial charge < -0.3 is 4.57 Å². The fourth-order valence-electron chi connectivity index (χ4n) is 11.4. The van der Waals surface area contributed by atoms with Crippen LogP contribution in [0.4, 0.5) is 17.2 Å². The molecule has 12 aromatic rings. The van der Waals surface area contributed by atoms with E-state index in [9.17, 15) is 0 Å². The molecule has 4 heterocycles. The van der Waals surface area contributed by atoms with Crippen molar-refractivity contribution in [2.75, 3.05) is 4.90 Å². The van der Waals surface area contributed by atoms with Crippen LogP contribution < -0.4 is 46.4 Å². The number of pyridine rings is 1. The maximum atomic E-state index is 5.25. The number of thiophene rings is 1. The van der Waals surface area contributed by atoms with Gasteiger partial charge in [-0.3, -0.25) is 4.90 Å². The molecule has 0 radical (unpaired) electrons. The summed E-state index contributed by atoms with van der Waals surface area (Å²) < 4.78 is 4.78. The van der Waals surface area contributed by atoms with Gasteiger partial charge in [-0.05, 0) is 84.0 Å². The molecule has 0 atom stereocenters. The lowest BCUT2D eigenvalue weighted by atomic mass is 10.1. The van der Waals surface area contributed by atoms with Crippen LogP contribution in [0.15, 0.2) is 249 Å². The highest BCUT2D eigenvalue weighted by atomic mass is 32.1. The summed E-state index contributed by atoms with van der Waals surface area (Å²) in [4.78, 5) is 13.0. The Morgan fingerprint density at radius 3 is 1.78 bits per heavy atom. The van der Waals surface area contributed by atoms with Crippen LogP contribution in [0.25, 0.3) is 42.6 Å². The molecule has 0 spiro atoms. The van der Waals surface area contributed by atoms with Gasteiger partial charge in [0.05, 0.1) is 16.7 Å². The van der Waals surface area contributed by atoms with Crippen LogP contribution in [-0.2, 0) is 7.05 Å². The number of imidazole rings is 1. The third kappa shape index (κ3) is 5.96. The van der Waals surface area contributed by atoms with Crippen LogP contribution in [0.2, 0.25) is 0 Å². The molecule has 0 N–H and O–H groups in total. The van der Waals surface area contributed by atoms with Crippen LogP contribution in [-0.4, -0.2) is 30.7 Å². The van der Waals surface area contributed by atoms with E-state index in [1.54, 1.807) is 0 Å². The van der Waals surface area contributed by atoms with Crippen molar-refractivity contribution in [1.29, 1.82) is 0 Å². The average molecular weight is 921 g/mol. The average Bonchev–Trinajstić information content (AvgIpc) is 3.97. The van der Waals surface area contributed by atoms with Gasteiger partial charge in [-0.1, -0.05) is 200 Å². The first-order valence-corrected chi connectivity index (χ1v) is 28.0. The molecular formula is C61H44N4SSi2. The van der Waals surface area contributed by atoms with E-state index in [0.717, 1.165) is 28.2 Å². The first kappa shape index (κ1) is 40.3. The maximum absolute atomic E-state index is 5.25. The molecule has 4 nitrogen and oxygen atoms in total. The lowest BCUT2D eigenvalue weighted by molar-refractivity contribution is 0.959. The van der Waals surface area contributed by atoms with Crippen LogP contribution in [0.5, 0.6) is 0 Å². The molecule has 0 amide bonds. The molecule has 9 aromatic carbocycles. The Morgan fingerprint density at radius 1 is 0.485 bits per heavy atom. The van der Waals surface area contributed by atoms with Crippen molar-refractivity contribution < 1.29 is 0 Å². The predicted molar refractivity (Wildman–Crippen MR) is 292 cm³/mol. The summed E-state index contributed by atoms with van der Waals surface area (Å²) in [5, 5.41) is 13.2.